The van der Waals surface area contributed by atoms with Gasteiger partial charge in [0, 0.05) is 17.9 Å². The molecule has 3 aromatic rings. The molecule has 1 heterocycles. The van der Waals surface area contributed by atoms with E-state index < -0.39 is 5.97 Å². The van der Waals surface area contributed by atoms with Gasteiger partial charge in [-0.2, -0.15) is 10.1 Å². The number of nitrogens with one attached hydrogen (secondary N) is 1. The summed E-state index contributed by atoms with van der Waals surface area (Å²) in [6.45, 7) is 2.73. The molecule has 7 nitrogen and oxygen atoms in total. The monoisotopic (exact) mass is 349 g/mol. The second-order valence-electron chi connectivity index (χ2n) is 5.42. The van der Waals surface area contributed by atoms with E-state index in [1.165, 1.54) is 13.3 Å². The summed E-state index contributed by atoms with van der Waals surface area (Å²) < 4.78 is 4.74. The first-order valence-corrected chi connectivity index (χ1v) is 8.19. The number of anilines is 4. The zero-order valence-electron chi connectivity index (χ0n) is 14.6. The van der Waals surface area contributed by atoms with Gasteiger partial charge in [-0.25, -0.2) is 4.79 Å². The summed E-state index contributed by atoms with van der Waals surface area (Å²) >= 11 is 0. The average molecular weight is 349 g/mol. The van der Waals surface area contributed by atoms with Gasteiger partial charge in [-0.1, -0.05) is 24.3 Å². The smallest absolute Gasteiger partial charge is 0.337 e. The number of methoxy groups -OCH3 is 1. The van der Waals surface area contributed by atoms with Crippen molar-refractivity contribution >= 4 is 29.1 Å². The first-order valence-electron chi connectivity index (χ1n) is 8.19. The summed E-state index contributed by atoms with van der Waals surface area (Å²) in [6.07, 6.45) is 1.53. The molecule has 0 saturated heterocycles. The number of hydrogen-bond acceptors (Lipinski definition) is 7. The lowest BCUT2D eigenvalue weighted by Gasteiger charge is -2.20. The molecule has 0 aliphatic carbocycles. The molecular weight excluding hydrogens is 330 g/mol. The van der Waals surface area contributed by atoms with E-state index in [-0.39, 0.29) is 0 Å². The number of hydrogen-bond donors (Lipinski definition) is 1. The summed E-state index contributed by atoms with van der Waals surface area (Å²) in [5.41, 5.74) is 2.16. The van der Waals surface area contributed by atoms with Crippen LogP contribution in [0.4, 0.5) is 23.1 Å². The Bertz CT molecular complexity index is 886. The number of para-hydroxylation sites is 1. The Morgan fingerprint density at radius 3 is 2.69 bits per heavy atom. The highest BCUT2D eigenvalue weighted by Gasteiger charge is 2.12. The molecule has 2 aromatic carbocycles. The van der Waals surface area contributed by atoms with Crippen LogP contribution in [0.25, 0.3) is 0 Å². The van der Waals surface area contributed by atoms with Crippen molar-refractivity contribution in [3.05, 3.63) is 66.4 Å². The van der Waals surface area contributed by atoms with Crippen molar-refractivity contribution in [2.45, 2.75) is 6.92 Å². The number of carbonyl (C=O) groups excluding carboxylic acids is 1. The third kappa shape index (κ3) is 3.94. The SMILES string of the molecule is CCN(c1ccccc1)c1nncc(Nc2cccc(C(=O)OC)c2)n1. The summed E-state index contributed by atoms with van der Waals surface area (Å²) in [4.78, 5) is 18.2. The fourth-order valence-corrected chi connectivity index (χ4v) is 2.51. The lowest BCUT2D eigenvalue weighted by molar-refractivity contribution is 0.0601. The molecule has 132 valence electrons. The van der Waals surface area contributed by atoms with Gasteiger partial charge in [0.15, 0.2) is 5.82 Å². The van der Waals surface area contributed by atoms with Gasteiger partial charge < -0.3 is 15.0 Å². The molecule has 0 amide bonds. The number of ether oxygens (including phenoxy) is 1. The van der Waals surface area contributed by atoms with Crippen LogP contribution in [0.1, 0.15) is 17.3 Å². The Kier molecular flexibility index (Phi) is 5.38. The lowest BCUT2D eigenvalue weighted by atomic mass is 10.2. The summed E-state index contributed by atoms with van der Waals surface area (Å²) in [5.74, 6) is 0.635. The topological polar surface area (TPSA) is 80.2 Å². The van der Waals surface area contributed by atoms with E-state index in [9.17, 15) is 4.79 Å². The Labute approximate surface area is 151 Å². The zero-order chi connectivity index (χ0) is 18.4. The van der Waals surface area contributed by atoms with Crippen LogP contribution in [-0.4, -0.2) is 34.8 Å². The van der Waals surface area contributed by atoms with Crippen LogP contribution in [-0.2, 0) is 4.74 Å². The largest absolute Gasteiger partial charge is 0.465 e. The molecule has 0 unspecified atom stereocenters. The first kappa shape index (κ1) is 17.3. The van der Waals surface area contributed by atoms with Gasteiger partial charge >= 0.3 is 5.97 Å². The van der Waals surface area contributed by atoms with E-state index in [1.54, 1.807) is 18.2 Å². The molecule has 0 aliphatic rings. The summed E-state index contributed by atoms with van der Waals surface area (Å²) in [5, 5.41) is 11.3. The van der Waals surface area contributed by atoms with Gasteiger partial charge in [-0.15, -0.1) is 5.10 Å². The van der Waals surface area contributed by atoms with Crippen LogP contribution < -0.4 is 10.2 Å². The minimum atomic E-state index is -0.392. The molecule has 3 rings (SSSR count). The number of rotatable bonds is 6. The van der Waals surface area contributed by atoms with E-state index in [4.69, 9.17) is 4.74 Å². The van der Waals surface area contributed by atoms with Gasteiger partial charge in [-0.05, 0) is 37.3 Å². The molecule has 0 saturated carbocycles. The van der Waals surface area contributed by atoms with Crippen molar-refractivity contribution in [1.82, 2.24) is 15.2 Å². The average Bonchev–Trinajstić information content (AvgIpc) is 2.69. The maximum atomic E-state index is 11.7. The van der Waals surface area contributed by atoms with Gasteiger partial charge in [0.05, 0.1) is 18.9 Å². The Morgan fingerprint density at radius 1 is 1.15 bits per heavy atom. The number of benzene rings is 2. The molecule has 1 aromatic heterocycles. The van der Waals surface area contributed by atoms with Gasteiger partial charge in [0.1, 0.15) is 0 Å². The van der Waals surface area contributed by atoms with E-state index in [1.807, 2.05) is 48.2 Å². The predicted octanol–water partition coefficient (Wildman–Crippen LogP) is 3.56. The van der Waals surface area contributed by atoms with Gasteiger partial charge in [-0.3, -0.25) is 0 Å². The zero-order valence-corrected chi connectivity index (χ0v) is 14.6. The predicted molar refractivity (Wildman–Crippen MR) is 100 cm³/mol. The second-order valence-corrected chi connectivity index (χ2v) is 5.42. The fraction of sp³-hybridized carbons (Fsp3) is 0.158. The highest BCUT2D eigenvalue weighted by atomic mass is 16.5. The maximum Gasteiger partial charge on any atom is 0.337 e. The summed E-state index contributed by atoms with van der Waals surface area (Å²) in [6, 6.07) is 16.9. The van der Waals surface area contributed by atoms with Crippen molar-refractivity contribution in [3.63, 3.8) is 0 Å². The molecule has 0 radical (unpaired) electrons. The molecule has 1 N–H and O–H groups in total. The van der Waals surface area contributed by atoms with Crippen LogP contribution in [0.15, 0.2) is 60.8 Å². The van der Waals surface area contributed by atoms with E-state index in [0.29, 0.717) is 29.6 Å². The quantitative estimate of drug-likeness (QED) is 0.682. The second kappa shape index (κ2) is 8.06. The normalized spacial score (nSPS) is 10.2. The molecule has 0 fully saturated rings. The third-order valence-corrected chi connectivity index (χ3v) is 3.73. The fourth-order valence-electron chi connectivity index (χ4n) is 2.51. The molecule has 26 heavy (non-hydrogen) atoms. The third-order valence-electron chi connectivity index (χ3n) is 3.73. The van der Waals surface area contributed by atoms with Crippen LogP contribution in [0.5, 0.6) is 0 Å². The number of aromatic nitrogens is 3. The lowest BCUT2D eigenvalue weighted by Crippen LogP contribution is -2.19. The molecule has 0 atom stereocenters. The van der Waals surface area contributed by atoms with Gasteiger partial charge in [0.2, 0.25) is 0 Å². The molecular formula is C19H19N5O2. The Hall–Kier alpha value is -3.48. The van der Waals surface area contributed by atoms with Crippen molar-refractivity contribution in [3.8, 4) is 0 Å². The van der Waals surface area contributed by atoms with Gasteiger partial charge in [0.25, 0.3) is 5.95 Å². The van der Waals surface area contributed by atoms with Crippen molar-refractivity contribution in [2.24, 2.45) is 0 Å². The standard InChI is InChI=1S/C19H19N5O2/c1-3-24(16-10-5-4-6-11-16)19-22-17(13-20-23-19)21-15-9-7-8-14(12-15)18(25)26-2/h4-13H,3H2,1-2H3,(H,21,22,23). The van der Waals surface area contributed by atoms with Crippen LogP contribution in [0.2, 0.25) is 0 Å². The number of esters is 1. The number of carbonyl (C=O) groups is 1. The Morgan fingerprint density at radius 2 is 1.96 bits per heavy atom. The van der Waals surface area contributed by atoms with E-state index >= 15 is 0 Å². The van der Waals surface area contributed by atoms with Crippen LogP contribution in [0, 0.1) is 0 Å². The minimum absolute atomic E-state index is 0.392. The minimum Gasteiger partial charge on any atom is -0.465 e. The van der Waals surface area contributed by atoms with Crippen molar-refractivity contribution in [1.29, 1.82) is 0 Å². The Balaban J connectivity index is 1.85. The van der Waals surface area contributed by atoms with Crippen molar-refractivity contribution in [2.75, 3.05) is 23.9 Å². The van der Waals surface area contributed by atoms with E-state index in [2.05, 4.69) is 20.5 Å². The number of nitrogens with zero attached hydrogens (tertiary/aromatic N) is 4. The van der Waals surface area contributed by atoms with Crippen LogP contribution in [0.3, 0.4) is 0 Å². The van der Waals surface area contributed by atoms with E-state index in [0.717, 1.165) is 5.69 Å². The highest BCUT2D eigenvalue weighted by Crippen LogP contribution is 2.23. The molecule has 7 heteroatoms. The van der Waals surface area contributed by atoms with Crippen molar-refractivity contribution < 1.29 is 9.53 Å². The molecule has 0 spiro atoms. The molecule has 0 bridgehead atoms. The van der Waals surface area contributed by atoms with Crippen LogP contribution >= 0.6 is 0 Å². The highest BCUT2D eigenvalue weighted by molar-refractivity contribution is 5.90. The maximum absolute atomic E-state index is 11.7. The summed E-state index contributed by atoms with van der Waals surface area (Å²) in [7, 11) is 1.35. The molecule has 0 aliphatic heterocycles. The first-order chi connectivity index (χ1) is 12.7.